The van der Waals surface area contributed by atoms with Gasteiger partial charge in [0.05, 0.1) is 5.69 Å². The predicted octanol–water partition coefficient (Wildman–Crippen LogP) is 2.79. The molecule has 5 nitrogen and oxygen atoms in total. The molecule has 3 rings (SSSR count). The van der Waals surface area contributed by atoms with E-state index in [1.54, 1.807) is 6.07 Å². The Kier molecular flexibility index (Phi) is 5.02. The number of carbonyl (C=O) groups excluding carboxylic acids is 1. The summed E-state index contributed by atoms with van der Waals surface area (Å²) < 4.78 is 1.29. The van der Waals surface area contributed by atoms with Crippen LogP contribution in [0.15, 0.2) is 35.1 Å². The molecule has 1 fully saturated rings. The fourth-order valence-electron chi connectivity index (χ4n) is 3.20. The van der Waals surface area contributed by atoms with Crippen LogP contribution in [0.4, 0.5) is 0 Å². The summed E-state index contributed by atoms with van der Waals surface area (Å²) in [5, 5.41) is 4.45. The van der Waals surface area contributed by atoms with E-state index in [0.29, 0.717) is 5.92 Å². The number of nitrogens with zero attached hydrogens (tertiary/aromatic N) is 3. The second-order valence-corrected chi connectivity index (χ2v) is 7.10. The van der Waals surface area contributed by atoms with E-state index in [-0.39, 0.29) is 18.0 Å². The van der Waals surface area contributed by atoms with Crippen LogP contribution in [-0.2, 0) is 11.3 Å². The molecule has 25 heavy (non-hydrogen) atoms. The topological polar surface area (TPSA) is 55.2 Å². The molecule has 1 amide bonds. The summed E-state index contributed by atoms with van der Waals surface area (Å²) in [7, 11) is 0. The van der Waals surface area contributed by atoms with Crippen LogP contribution in [0.1, 0.15) is 30.9 Å². The van der Waals surface area contributed by atoms with E-state index >= 15 is 0 Å². The highest BCUT2D eigenvalue weighted by Gasteiger charge is 2.21. The predicted molar refractivity (Wildman–Crippen MR) is 98.4 cm³/mol. The standard InChI is InChI=1S/C20H25N3O2/c1-14-8-10-22(11-9-14)20(25)13-23-19(24)7-6-18(21-23)17-12-15(2)4-5-16(17)3/h4-7,12,14H,8-11,13H2,1-3H3. The largest absolute Gasteiger partial charge is 0.341 e. The van der Waals surface area contributed by atoms with Gasteiger partial charge >= 0.3 is 0 Å². The van der Waals surface area contributed by atoms with Crippen LogP contribution in [0.5, 0.6) is 0 Å². The van der Waals surface area contributed by atoms with Crippen molar-refractivity contribution in [3.05, 3.63) is 51.8 Å². The van der Waals surface area contributed by atoms with Gasteiger partial charge in [0.2, 0.25) is 5.91 Å². The molecular formula is C20H25N3O2. The second kappa shape index (κ2) is 7.21. The first-order chi connectivity index (χ1) is 11.9. The highest BCUT2D eigenvalue weighted by atomic mass is 16.2. The van der Waals surface area contributed by atoms with Crippen LogP contribution in [0.2, 0.25) is 0 Å². The minimum atomic E-state index is -0.243. The lowest BCUT2D eigenvalue weighted by Gasteiger charge is -2.30. The molecule has 0 unspecified atom stereocenters. The normalized spacial score (nSPS) is 15.4. The summed E-state index contributed by atoms with van der Waals surface area (Å²) in [4.78, 5) is 26.5. The van der Waals surface area contributed by atoms with Crippen molar-refractivity contribution in [3.63, 3.8) is 0 Å². The fraction of sp³-hybridized carbons (Fsp3) is 0.450. The fourth-order valence-corrected chi connectivity index (χ4v) is 3.20. The maximum atomic E-state index is 12.5. The van der Waals surface area contributed by atoms with Gasteiger partial charge < -0.3 is 4.90 Å². The molecule has 1 aromatic carbocycles. The van der Waals surface area contributed by atoms with Crippen molar-refractivity contribution >= 4 is 5.91 Å². The van der Waals surface area contributed by atoms with Crippen molar-refractivity contribution in [3.8, 4) is 11.3 Å². The number of rotatable bonds is 3. The summed E-state index contributed by atoms with van der Waals surface area (Å²) in [6, 6.07) is 9.38. The van der Waals surface area contributed by atoms with Crippen molar-refractivity contribution in [2.75, 3.05) is 13.1 Å². The van der Waals surface area contributed by atoms with E-state index in [1.807, 2.05) is 24.8 Å². The Morgan fingerprint density at radius 1 is 1.16 bits per heavy atom. The average Bonchev–Trinajstić information content (AvgIpc) is 2.59. The first-order valence-electron chi connectivity index (χ1n) is 8.87. The number of likely N-dealkylation sites (tertiary alicyclic amines) is 1. The van der Waals surface area contributed by atoms with Gasteiger partial charge in [-0.3, -0.25) is 9.59 Å². The molecule has 0 N–H and O–H groups in total. The number of aryl methyl sites for hydroxylation is 2. The monoisotopic (exact) mass is 339 g/mol. The number of piperidine rings is 1. The molecule has 0 spiro atoms. The highest BCUT2D eigenvalue weighted by molar-refractivity contribution is 5.76. The zero-order valence-electron chi connectivity index (χ0n) is 15.2. The van der Waals surface area contributed by atoms with Crippen molar-refractivity contribution in [1.29, 1.82) is 0 Å². The van der Waals surface area contributed by atoms with Gasteiger partial charge in [0, 0.05) is 24.7 Å². The Bertz CT molecular complexity index is 833. The molecule has 0 saturated carbocycles. The SMILES string of the molecule is Cc1ccc(C)c(-c2ccc(=O)n(CC(=O)N3CCC(C)CC3)n2)c1. The van der Waals surface area contributed by atoms with Gasteiger partial charge in [0.25, 0.3) is 5.56 Å². The smallest absolute Gasteiger partial charge is 0.267 e. The molecule has 1 saturated heterocycles. The first-order valence-corrected chi connectivity index (χ1v) is 8.87. The molecule has 2 aromatic rings. The second-order valence-electron chi connectivity index (χ2n) is 7.10. The highest BCUT2D eigenvalue weighted by Crippen LogP contribution is 2.22. The van der Waals surface area contributed by atoms with Crippen molar-refractivity contribution in [2.24, 2.45) is 5.92 Å². The van der Waals surface area contributed by atoms with E-state index in [0.717, 1.165) is 48.3 Å². The Balaban J connectivity index is 1.84. The van der Waals surface area contributed by atoms with Crippen molar-refractivity contribution < 1.29 is 4.79 Å². The van der Waals surface area contributed by atoms with Gasteiger partial charge in [0.15, 0.2) is 0 Å². The van der Waals surface area contributed by atoms with Crippen molar-refractivity contribution in [1.82, 2.24) is 14.7 Å². The Morgan fingerprint density at radius 3 is 2.60 bits per heavy atom. The van der Waals surface area contributed by atoms with E-state index in [9.17, 15) is 9.59 Å². The van der Waals surface area contributed by atoms with Crippen LogP contribution in [-0.4, -0.2) is 33.7 Å². The Morgan fingerprint density at radius 2 is 1.88 bits per heavy atom. The van der Waals surface area contributed by atoms with Crippen LogP contribution in [0, 0.1) is 19.8 Å². The Hall–Kier alpha value is -2.43. The molecule has 1 aliphatic heterocycles. The summed E-state index contributed by atoms with van der Waals surface area (Å²) >= 11 is 0. The van der Waals surface area contributed by atoms with Crippen LogP contribution >= 0.6 is 0 Å². The molecule has 1 aromatic heterocycles. The third-order valence-corrected chi connectivity index (χ3v) is 4.96. The van der Waals surface area contributed by atoms with E-state index in [4.69, 9.17) is 0 Å². The van der Waals surface area contributed by atoms with Crippen LogP contribution in [0.25, 0.3) is 11.3 Å². The van der Waals surface area contributed by atoms with Gasteiger partial charge in [-0.2, -0.15) is 5.10 Å². The lowest BCUT2D eigenvalue weighted by molar-refractivity contribution is -0.133. The van der Waals surface area contributed by atoms with Gasteiger partial charge in [-0.25, -0.2) is 4.68 Å². The zero-order chi connectivity index (χ0) is 18.0. The maximum absolute atomic E-state index is 12.5. The summed E-state index contributed by atoms with van der Waals surface area (Å²) in [5.74, 6) is 0.636. The van der Waals surface area contributed by atoms with Crippen LogP contribution < -0.4 is 5.56 Å². The molecule has 0 radical (unpaired) electrons. The van der Waals surface area contributed by atoms with Gasteiger partial charge in [-0.05, 0) is 50.3 Å². The number of hydrogen-bond donors (Lipinski definition) is 0. The molecule has 5 heteroatoms. The van der Waals surface area contributed by atoms with Gasteiger partial charge in [-0.15, -0.1) is 0 Å². The summed E-state index contributed by atoms with van der Waals surface area (Å²) in [6.07, 6.45) is 2.05. The van der Waals surface area contributed by atoms with E-state index in [2.05, 4.69) is 24.2 Å². The summed E-state index contributed by atoms with van der Waals surface area (Å²) in [6.45, 7) is 7.80. The third kappa shape index (κ3) is 3.98. The van der Waals surface area contributed by atoms with Gasteiger partial charge in [0.1, 0.15) is 6.54 Å². The zero-order valence-corrected chi connectivity index (χ0v) is 15.2. The average molecular weight is 339 g/mol. The van der Waals surface area contributed by atoms with Crippen LogP contribution in [0.3, 0.4) is 0 Å². The number of hydrogen-bond acceptors (Lipinski definition) is 3. The minimum absolute atomic E-state index is 0.00587. The third-order valence-electron chi connectivity index (χ3n) is 4.96. The van der Waals surface area contributed by atoms with E-state index in [1.165, 1.54) is 10.7 Å². The minimum Gasteiger partial charge on any atom is -0.341 e. The molecule has 132 valence electrons. The molecule has 0 aliphatic carbocycles. The lowest BCUT2D eigenvalue weighted by Crippen LogP contribution is -2.41. The first kappa shape index (κ1) is 17.4. The van der Waals surface area contributed by atoms with Gasteiger partial charge in [-0.1, -0.05) is 24.6 Å². The molecule has 2 heterocycles. The number of aromatic nitrogens is 2. The molecular weight excluding hydrogens is 314 g/mol. The summed E-state index contributed by atoms with van der Waals surface area (Å²) in [5.41, 5.74) is 3.71. The molecule has 1 aliphatic rings. The number of carbonyl (C=O) groups is 1. The Labute approximate surface area is 148 Å². The maximum Gasteiger partial charge on any atom is 0.267 e. The molecule has 0 bridgehead atoms. The van der Waals surface area contributed by atoms with E-state index < -0.39 is 0 Å². The lowest BCUT2D eigenvalue weighted by atomic mass is 9.99. The number of amides is 1. The number of benzene rings is 1. The van der Waals surface area contributed by atoms with Crippen molar-refractivity contribution in [2.45, 2.75) is 40.2 Å². The molecule has 0 atom stereocenters. The quantitative estimate of drug-likeness (QED) is 0.864.